The van der Waals surface area contributed by atoms with Gasteiger partial charge in [-0.05, 0) is 44.7 Å². The molecule has 4 rings (SSSR count). The summed E-state index contributed by atoms with van der Waals surface area (Å²) in [6.45, 7) is 5.76. The Kier molecular flexibility index (Phi) is 7.62. The van der Waals surface area contributed by atoms with Crippen molar-refractivity contribution in [2.45, 2.75) is 82.8 Å². The lowest BCUT2D eigenvalue weighted by atomic mass is 9.91. The molecule has 3 fully saturated rings. The minimum Gasteiger partial charge on any atom is -0.340 e. The van der Waals surface area contributed by atoms with Gasteiger partial charge in [0.05, 0.1) is 6.04 Å². The highest BCUT2D eigenvalue weighted by atomic mass is 16.1. The number of aliphatic imine (C=N–C) groups is 1. The lowest BCUT2D eigenvalue weighted by Crippen LogP contribution is -2.54. The average molecular weight is 426 g/mol. The molecule has 0 bridgehead atoms. The van der Waals surface area contributed by atoms with Crippen molar-refractivity contribution < 1.29 is 4.79 Å². The second-order valence-corrected chi connectivity index (χ2v) is 9.55. The van der Waals surface area contributed by atoms with Crippen molar-refractivity contribution in [3.05, 3.63) is 29.8 Å². The van der Waals surface area contributed by atoms with E-state index >= 15 is 0 Å². The van der Waals surface area contributed by atoms with Gasteiger partial charge >= 0.3 is 0 Å². The largest absolute Gasteiger partial charge is 0.340 e. The molecular formula is C25H39N5O. The Bertz CT molecular complexity index is 765. The zero-order valence-electron chi connectivity index (χ0n) is 19.1. The fourth-order valence-electron chi connectivity index (χ4n) is 5.34. The zero-order chi connectivity index (χ0) is 21.6. The summed E-state index contributed by atoms with van der Waals surface area (Å²) >= 11 is 0. The molecule has 6 nitrogen and oxygen atoms in total. The highest BCUT2D eigenvalue weighted by molar-refractivity contribution is 5.98. The Labute approximate surface area is 187 Å². The average Bonchev–Trinajstić information content (AvgIpc) is 2.81. The van der Waals surface area contributed by atoms with Crippen LogP contribution in [0.15, 0.2) is 29.3 Å². The Morgan fingerprint density at radius 2 is 1.71 bits per heavy atom. The van der Waals surface area contributed by atoms with Crippen LogP contribution in [0.1, 0.15) is 75.1 Å². The number of guanidine groups is 1. The normalized spacial score (nSPS) is 26.6. The highest BCUT2D eigenvalue weighted by Crippen LogP contribution is 2.25. The first kappa shape index (κ1) is 22.3. The van der Waals surface area contributed by atoms with Crippen molar-refractivity contribution in [2.75, 3.05) is 31.5 Å². The fourth-order valence-corrected chi connectivity index (χ4v) is 5.34. The van der Waals surface area contributed by atoms with Gasteiger partial charge in [0, 0.05) is 49.5 Å². The van der Waals surface area contributed by atoms with Gasteiger partial charge in [0.25, 0.3) is 0 Å². The molecule has 3 aliphatic rings. The molecule has 1 saturated heterocycles. The summed E-state index contributed by atoms with van der Waals surface area (Å²) in [4.78, 5) is 22.1. The van der Waals surface area contributed by atoms with Gasteiger partial charge in [-0.25, -0.2) is 4.99 Å². The van der Waals surface area contributed by atoms with Crippen LogP contribution < -0.4 is 11.1 Å². The maximum atomic E-state index is 11.8. The standard InChI is InChI=1S/C25H39N5O/c1-19(31)20-8-7-9-21(18-20)27-25(28-24-13-6-5-12-23(24)26)30-16-14-29(15-17-30)22-10-3-2-4-11-22/h7-9,18,22-24H,2-6,10-17,26H2,1H3,(H,27,28)/t23-,24-/m0/s1. The number of benzene rings is 1. The van der Waals surface area contributed by atoms with Crippen LogP contribution in [-0.2, 0) is 0 Å². The van der Waals surface area contributed by atoms with E-state index in [0.29, 0.717) is 0 Å². The summed E-state index contributed by atoms with van der Waals surface area (Å²) in [6, 6.07) is 8.82. The monoisotopic (exact) mass is 425 g/mol. The van der Waals surface area contributed by atoms with Gasteiger partial charge in [-0.15, -0.1) is 0 Å². The van der Waals surface area contributed by atoms with Crippen molar-refractivity contribution in [3.8, 4) is 0 Å². The van der Waals surface area contributed by atoms with E-state index in [-0.39, 0.29) is 17.9 Å². The van der Waals surface area contributed by atoms with Crippen LogP contribution in [-0.4, -0.2) is 65.8 Å². The van der Waals surface area contributed by atoms with Gasteiger partial charge in [0.2, 0.25) is 0 Å². The molecule has 0 unspecified atom stereocenters. The van der Waals surface area contributed by atoms with Crippen LogP contribution >= 0.6 is 0 Å². The van der Waals surface area contributed by atoms with E-state index < -0.39 is 0 Å². The lowest BCUT2D eigenvalue weighted by Gasteiger charge is -2.42. The van der Waals surface area contributed by atoms with Crippen LogP contribution in [0.4, 0.5) is 5.69 Å². The molecule has 0 amide bonds. The van der Waals surface area contributed by atoms with E-state index in [1.807, 2.05) is 24.3 Å². The number of hydrogen-bond acceptors (Lipinski definition) is 4. The van der Waals surface area contributed by atoms with E-state index in [2.05, 4.69) is 15.1 Å². The number of anilines is 1. The molecule has 0 radical (unpaired) electrons. The van der Waals surface area contributed by atoms with Gasteiger partial charge in [-0.1, -0.05) is 44.2 Å². The minimum atomic E-state index is 0.0811. The minimum absolute atomic E-state index is 0.0811. The first-order chi connectivity index (χ1) is 15.1. The van der Waals surface area contributed by atoms with Crippen LogP contribution in [0.25, 0.3) is 0 Å². The number of rotatable bonds is 4. The number of nitrogens with two attached hydrogens (primary N) is 1. The van der Waals surface area contributed by atoms with E-state index in [0.717, 1.165) is 62.3 Å². The van der Waals surface area contributed by atoms with Gasteiger partial charge in [0.15, 0.2) is 11.7 Å². The first-order valence-corrected chi connectivity index (χ1v) is 12.3. The number of carbonyl (C=O) groups excluding carboxylic acids is 1. The van der Waals surface area contributed by atoms with Crippen molar-refractivity contribution in [2.24, 2.45) is 10.7 Å². The Morgan fingerprint density at radius 1 is 1.00 bits per heavy atom. The lowest BCUT2D eigenvalue weighted by molar-refractivity contribution is 0.101. The van der Waals surface area contributed by atoms with Crippen molar-refractivity contribution in [1.29, 1.82) is 0 Å². The van der Waals surface area contributed by atoms with Gasteiger partial charge < -0.3 is 16.0 Å². The number of hydrogen-bond donors (Lipinski definition) is 2. The SMILES string of the molecule is CC(=O)c1cccc(NC(=N[C@H]2CCCC[C@@H]2N)N2CCN(C3CCCCC3)CC2)c1. The Hall–Kier alpha value is -1.92. The van der Waals surface area contributed by atoms with Crippen LogP contribution in [0.2, 0.25) is 0 Å². The maximum absolute atomic E-state index is 11.8. The van der Waals surface area contributed by atoms with E-state index in [1.165, 1.54) is 44.9 Å². The highest BCUT2D eigenvalue weighted by Gasteiger charge is 2.28. The molecule has 1 aromatic carbocycles. The van der Waals surface area contributed by atoms with Gasteiger partial charge in [-0.3, -0.25) is 9.69 Å². The summed E-state index contributed by atoms with van der Waals surface area (Å²) in [6.07, 6.45) is 11.4. The Morgan fingerprint density at radius 3 is 2.42 bits per heavy atom. The van der Waals surface area contributed by atoms with Crippen LogP contribution in [0.5, 0.6) is 0 Å². The number of ketones is 1. The predicted octanol–water partition coefficient (Wildman–Crippen LogP) is 3.88. The molecule has 2 saturated carbocycles. The molecule has 0 spiro atoms. The molecule has 31 heavy (non-hydrogen) atoms. The van der Waals surface area contributed by atoms with Crippen molar-refractivity contribution in [3.63, 3.8) is 0 Å². The predicted molar refractivity (Wildman–Crippen MR) is 128 cm³/mol. The third-order valence-electron chi connectivity index (χ3n) is 7.30. The molecule has 1 heterocycles. The zero-order valence-corrected chi connectivity index (χ0v) is 19.1. The first-order valence-electron chi connectivity index (χ1n) is 12.3. The summed E-state index contributed by atoms with van der Waals surface area (Å²) in [7, 11) is 0. The molecule has 2 aliphatic carbocycles. The third kappa shape index (κ3) is 5.86. The molecule has 3 N–H and O–H groups in total. The number of carbonyl (C=O) groups is 1. The summed E-state index contributed by atoms with van der Waals surface area (Å²) < 4.78 is 0. The molecule has 6 heteroatoms. The second kappa shape index (κ2) is 10.6. The number of nitrogens with one attached hydrogen (secondary N) is 1. The van der Waals surface area contributed by atoms with Crippen molar-refractivity contribution in [1.82, 2.24) is 9.80 Å². The summed E-state index contributed by atoms with van der Waals surface area (Å²) in [5.74, 6) is 1.00. The van der Waals surface area contributed by atoms with E-state index in [4.69, 9.17) is 10.7 Å². The van der Waals surface area contributed by atoms with Gasteiger partial charge in [-0.2, -0.15) is 0 Å². The van der Waals surface area contributed by atoms with E-state index in [9.17, 15) is 4.79 Å². The number of piperazine rings is 1. The topological polar surface area (TPSA) is 74.0 Å². The number of nitrogens with zero attached hydrogens (tertiary/aromatic N) is 3. The molecule has 0 aromatic heterocycles. The fraction of sp³-hybridized carbons (Fsp3) is 0.680. The molecule has 1 aliphatic heterocycles. The van der Waals surface area contributed by atoms with E-state index in [1.54, 1.807) is 6.92 Å². The second-order valence-electron chi connectivity index (χ2n) is 9.55. The summed E-state index contributed by atoms with van der Waals surface area (Å²) in [5.41, 5.74) is 8.07. The molecular weight excluding hydrogens is 386 g/mol. The molecule has 1 aromatic rings. The molecule has 170 valence electrons. The van der Waals surface area contributed by atoms with Crippen molar-refractivity contribution >= 4 is 17.4 Å². The maximum Gasteiger partial charge on any atom is 0.198 e. The van der Waals surface area contributed by atoms with Crippen LogP contribution in [0, 0.1) is 0 Å². The third-order valence-corrected chi connectivity index (χ3v) is 7.30. The smallest absolute Gasteiger partial charge is 0.198 e. The molecule has 2 atom stereocenters. The van der Waals surface area contributed by atoms with Crippen LogP contribution in [0.3, 0.4) is 0 Å². The Balaban J connectivity index is 1.48. The van der Waals surface area contributed by atoms with Gasteiger partial charge in [0.1, 0.15) is 0 Å². The summed E-state index contributed by atoms with van der Waals surface area (Å²) in [5, 5.41) is 3.56. The quantitative estimate of drug-likeness (QED) is 0.435. The number of Topliss-reactive ketones (excluding diaryl/α,β-unsaturated/α-hetero) is 1.